The standard InChI is InChI=1S/C16H16BrCl2NO/c1-3-20-16(12-9-11(17)5-6-13(12)18)10-4-7-15(21-2)14(19)8-10/h4-9,16,20H,3H2,1-2H3. The first-order chi connectivity index (χ1) is 10.1. The molecule has 5 heteroatoms. The van der Waals surface area contributed by atoms with Crippen LogP contribution >= 0.6 is 39.1 Å². The van der Waals surface area contributed by atoms with Crippen molar-refractivity contribution in [1.29, 1.82) is 0 Å². The minimum atomic E-state index is -0.0246. The van der Waals surface area contributed by atoms with Crippen LogP contribution in [-0.2, 0) is 0 Å². The Balaban J connectivity index is 2.48. The van der Waals surface area contributed by atoms with Crippen LogP contribution in [-0.4, -0.2) is 13.7 Å². The van der Waals surface area contributed by atoms with Gasteiger partial charge in [0.05, 0.1) is 18.2 Å². The molecule has 0 spiro atoms. The summed E-state index contributed by atoms with van der Waals surface area (Å²) in [4.78, 5) is 0. The zero-order chi connectivity index (χ0) is 15.4. The number of rotatable bonds is 5. The number of hydrogen-bond acceptors (Lipinski definition) is 2. The van der Waals surface area contributed by atoms with E-state index >= 15 is 0 Å². The SMILES string of the molecule is CCNC(c1ccc(OC)c(Cl)c1)c1cc(Br)ccc1Cl. The third kappa shape index (κ3) is 3.92. The lowest BCUT2D eigenvalue weighted by atomic mass is 9.98. The summed E-state index contributed by atoms with van der Waals surface area (Å²) in [6.07, 6.45) is 0. The molecule has 1 atom stereocenters. The maximum Gasteiger partial charge on any atom is 0.137 e. The van der Waals surface area contributed by atoms with Crippen LogP contribution in [0.2, 0.25) is 10.0 Å². The first-order valence-corrected chi connectivity index (χ1v) is 8.13. The highest BCUT2D eigenvalue weighted by Crippen LogP contribution is 2.34. The molecule has 21 heavy (non-hydrogen) atoms. The first kappa shape index (κ1) is 16.6. The Hall–Kier alpha value is -0.740. The lowest BCUT2D eigenvalue weighted by Crippen LogP contribution is -2.22. The van der Waals surface area contributed by atoms with Crippen LogP contribution in [0, 0.1) is 0 Å². The van der Waals surface area contributed by atoms with Crippen molar-refractivity contribution < 1.29 is 4.74 Å². The molecule has 2 nitrogen and oxygen atoms in total. The maximum atomic E-state index is 6.36. The Morgan fingerprint density at radius 1 is 1.14 bits per heavy atom. The Labute approximate surface area is 143 Å². The molecule has 0 bridgehead atoms. The third-order valence-corrected chi connectivity index (χ3v) is 4.32. The van der Waals surface area contributed by atoms with Gasteiger partial charge < -0.3 is 10.1 Å². The van der Waals surface area contributed by atoms with Crippen LogP contribution in [0.3, 0.4) is 0 Å². The topological polar surface area (TPSA) is 21.3 Å². The number of methoxy groups -OCH3 is 1. The minimum absolute atomic E-state index is 0.0246. The molecule has 2 aromatic carbocycles. The van der Waals surface area contributed by atoms with E-state index in [0.29, 0.717) is 10.8 Å². The number of nitrogens with one attached hydrogen (secondary N) is 1. The molecule has 0 radical (unpaired) electrons. The molecule has 0 saturated heterocycles. The Morgan fingerprint density at radius 2 is 1.90 bits per heavy atom. The highest BCUT2D eigenvalue weighted by atomic mass is 79.9. The monoisotopic (exact) mass is 387 g/mol. The predicted octanol–water partition coefficient (Wildman–Crippen LogP) is 5.46. The van der Waals surface area contributed by atoms with Gasteiger partial charge in [-0.15, -0.1) is 0 Å². The summed E-state index contributed by atoms with van der Waals surface area (Å²) >= 11 is 16.1. The van der Waals surface area contributed by atoms with E-state index in [-0.39, 0.29) is 6.04 Å². The molecule has 0 fully saturated rings. The summed E-state index contributed by atoms with van der Waals surface area (Å²) in [6.45, 7) is 2.88. The molecule has 0 aliphatic heterocycles. The van der Waals surface area contributed by atoms with Crippen molar-refractivity contribution in [3.63, 3.8) is 0 Å². The fourth-order valence-corrected chi connectivity index (χ4v) is 3.08. The van der Waals surface area contributed by atoms with E-state index in [1.807, 2.05) is 36.4 Å². The average Bonchev–Trinajstić information content (AvgIpc) is 2.47. The van der Waals surface area contributed by atoms with E-state index in [2.05, 4.69) is 28.2 Å². The van der Waals surface area contributed by atoms with Gasteiger partial charge in [-0.1, -0.05) is 52.1 Å². The van der Waals surface area contributed by atoms with Gasteiger partial charge in [0.15, 0.2) is 0 Å². The van der Waals surface area contributed by atoms with E-state index in [1.165, 1.54) is 0 Å². The second-order valence-electron chi connectivity index (χ2n) is 4.55. The van der Waals surface area contributed by atoms with E-state index in [1.54, 1.807) is 7.11 Å². The first-order valence-electron chi connectivity index (χ1n) is 6.58. The van der Waals surface area contributed by atoms with E-state index in [4.69, 9.17) is 27.9 Å². The molecule has 0 heterocycles. The molecule has 1 N–H and O–H groups in total. The van der Waals surface area contributed by atoms with Gasteiger partial charge in [-0.25, -0.2) is 0 Å². The van der Waals surface area contributed by atoms with Crippen molar-refractivity contribution in [3.8, 4) is 5.75 Å². The van der Waals surface area contributed by atoms with Crippen LogP contribution < -0.4 is 10.1 Å². The van der Waals surface area contributed by atoms with Crippen molar-refractivity contribution in [3.05, 3.63) is 62.0 Å². The molecule has 0 aromatic heterocycles. The molecular weight excluding hydrogens is 373 g/mol. The number of benzene rings is 2. The molecule has 1 unspecified atom stereocenters. The lowest BCUT2D eigenvalue weighted by Gasteiger charge is -2.21. The van der Waals surface area contributed by atoms with Crippen LogP contribution in [0.5, 0.6) is 5.75 Å². The number of hydrogen-bond donors (Lipinski definition) is 1. The van der Waals surface area contributed by atoms with Crippen molar-refractivity contribution in [2.45, 2.75) is 13.0 Å². The summed E-state index contributed by atoms with van der Waals surface area (Å²) in [5.74, 6) is 0.663. The Kier molecular flexibility index (Phi) is 5.94. The van der Waals surface area contributed by atoms with Gasteiger partial charge >= 0.3 is 0 Å². The molecule has 2 rings (SSSR count). The van der Waals surface area contributed by atoms with Gasteiger partial charge in [0.2, 0.25) is 0 Å². The molecule has 0 amide bonds. The van der Waals surface area contributed by atoms with Crippen molar-refractivity contribution >= 4 is 39.1 Å². The van der Waals surface area contributed by atoms with E-state index < -0.39 is 0 Å². The quantitative estimate of drug-likeness (QED) is 0.733. The van der Waals surface area contributed by atoms with Crippen LogP contribution in [0.1, 0.15) is 24.1 Å². The second-order valence-corrected chi connectivity index (χ2v) is 6.28. The fraction of sp³-hybridized carbons (Fsp3) is 0.250. The van der Waals surface area contributed by atoms with E-state index in [9.17, 15) is 0 Å². The van der Waals surface area contributed by atoms with Crippen LogP contribution in [0.25, 0.3) is 0 Å². The van der Waals surface area contributed by atoms with Crippen molar-refractivity contribution in [2.75, 3.05) is 13.7 Å². The zero-order valence-corrected chi connectivity index (χ0v) is 14.9. The van der Waals surface area contributed by atoms with Crippen LogP contribution in [0.15, 0.2) is 40.9 Å². The van der Waals surface area contributed by atoms with Gasteiger partial charge in [0, 0.05) is 9.50 Å². The summed E-state index contributed by atoms with van der Waals surface area (Å²) in [6, 6.07) is 11.6. The summed E-state index contributed by atoms with van der Waals surface area (Å²) in [7, 11) is 1.60. The molecule has 2 aromatic rings. The van der Waals surface area contributed by atoms with Crippen molar-refractivity contribution in [1.82, 2.24) is 5.32 Å². The van der Waals surface area contributed by atoms with E-state index in [0.717, 1.165) is 27.2 Å². The number of halogens is 3. The molecule has 0 saturated carbocycles. The Morgan fingerprint density at radius 3 is 2.52 bits per heavy atom. The van der Waals surface area contributed by atoms with Gasteiger partial charge in [-0.05, 0) is 48.0 Å². The largest absolute Gasteiger partial charge is 0.495 e. The molecule has 112 valence electrons. The Bertz CT molecular complexity index is 634. The van der Waals surface area contributed by atoms with Gasteiger partial charge in [-0.3, -0.25) is 0 Å². The fourth-order valence-electron chi connectivity index (χ4n) is 2.21. The molecular formula is C16H16BrCl2NO. The minimum Gasteiger partial charge on any atom is -0.495 e. The second kappa shape index (κ2) is 7.50. The third-order valence-electron chi connectivity index (χ3n) is 3.19. The molecule has 0 aliphatic rings. The average molecular weight is 389 g/mol. The van der Waals surface area contributed by atoms with Crippen molar-refractivity contribution in [2.24, 2.45) is 0 Å². The molecule has 0 aliphatic carbocycles. The summed E-state index contributed by atoms with van der Waals surface area (Å²) in [5.41, 5.74) is 2.05. The summed E-state index contributed by atoms with van der Waals surface area (Å²) in [5, 5.41) is 4.75. The zero-order valence-electron chi connectivity index (χ0n) is 11.8. The lowest BCUT2D eigenvalue weighted by molar-refractivity contribution is 0.414. The van der Waals surface area contributed by atoms with Gasteiger partial charge in [0.1, 0.15) is 5.75 Å². The highest BCUT2D eigenvalue weighted by molar-refractivity contribution is 9.10. The predicted molar refractivity (Wildman–Crippen MR) is 92.7 cm³/mol. The smallest absolute Gasteiger partial charge is 0.137 e. The maximum absolute atomic E-state index is 6.36. The van der Waals surface area contributed by atoms with Gasteiger partial charge in [0.25, 0.3) is 0 Å². The normalized spacial score (nSPS) is 12.2. The van der Waals surface area contributed by atoms with Crippen LogP contribution in [0.4, 0.5) is 0 Å². The highest BCUT2D eigenvalue weighted by Gasteiger charge is 2.17. The van der Waals surface area contributed by atoms with Gasteiger partial charge in [-0.2, -0.15) is 0 Å². The number of ether oxygens (including phenoxy) is 1. The summed E-state index contributed by atoms with van der Waals surface area (Å²) < 4.78 is 6.19.